The van der Waals surface area contributed by atoms with Crippen LogP contribution in [0.15, 0.2) is 49.6 Å². The van der Waals surface area contributed by atoms with Gasteiger partial charge in [-0.1, -0.05) is 25.5 Å². The summed E-state index contributed by atoms with van der Waals surface area (Å²) in [4.78, 5) is 48.7. The average Bonchev–Trinajstić information content (AvgIpc) is 3.54. The minimum atomic E-state index is -0.706. The Hall–Kier alpha value is -2.78. The van der Waals surface area contributed by atoms with Gasteiger partial charge in [0, 0.05) is 42.7 Å². The fourth-order valence-electron chi connectivity index (χ4n) is 7.43. The Labute approximate surface area is 255 Å². The first kappa shape index (κ1) is 32.1. The number of carbonyl (C=O) groups excluding carboxylic acids is 3. The van der Waals surface area contributed by atoms with E-state index in [4.69, 9.17) is 4.74 Å². The Morgan fingerprint density at radius 1 is 1.17 bits per heavy atom. The lowest BCUT2D eigenvalue weighted by Gasteiger charge is -2.39. The zero-order valence-electron chi connectivity index (χ0n) is 25.6. The molecule has 0 saturated carbocycles. The molecule has 6 atom stereocenters. The number of benzene rings is 1. The zero-order valence-corrected chi connectivity index (χ0v) is 26.4. The standard InChI is InChI=1S/C33H47N3O5S/c1-7-12-23(5)34(19-8-2)31(40)28-33-18-17-32(6,42-33)26(27(33)30(39)36(28)21-11-22-37)29(38)35(20-9-3)24-13-15-25(16-14-24)41-10-4/h8-9,13-16,23,26-28,37H,2-3,7,10-12,17-22H2,1,4-6H3/t23?,26-,27-,28?,32+,33?/m0/s1. The second kappa shape index (κ2) is 13.2. The molecule has 4 rings (SSSR count). The Balaban J connectivity index is 1.76. The molecule has 3 unspecified atom stereocenters. The van der Waals surface area contributed by atoms with E-state index in [2.05, 4.69) is 27.0 Å². The van der Waals surface area contributed by atoms with E-state index in [1.807, 2.05) is 43.0 Å². The predicted molar refractivity (Wildman–Crippen MR) is 169 cm³/mol. The van der Waals surface area contributed by atoms with Gasteiger partial charge in [-0.05, 0) is 70.7 Å². The highest BCUT2D eigenvalue weighted by Gasteiger charge is 2.77. The number of amides is 3. The molecule has 3 saturated heterocycles. The maximum atomic E-state index is 14.6. The smallest absolute Gasteiger partial charge is 0.247 e. The summed E-state index contributed by atoms with van der Waals surface area (Å²) in [5.41, 5.74) is 0.717. The van der Waals surface area contributed by atoms with Crippen LogP contribution in [0.25, 0.3) is 0 Å². The van der Waals surface area contributed by atoms with Crippen LogP contribution in [0.3, 0.4) is 0 Å². The molecule has 3 aliphatic heterocycles. The topological polar surface area (TPSA) is 90.4 Å². The van der Waals surface area contributed by atoms with E-state index in [9.17, 15) is 19.5 Å². The van der Waals surface area contributed by atoms with Crippen LogP contribution in [0.2, 0.25) is 0 Å². The van der Waals surface area contributed by atoms with Gasteiger partial charge in [-0.25, -0.2) is 0 Å². The van der Waals surface area contributed by atoms with Crippen molar-refractivity contribution >= 4 is 35.2 Å². The lowest BCUT2D eigenvalue weighted by Crippen LogP contribution is -2.56. The lowest BCUT2D eigenvalue weighted by molar-refractivity contribution is -0.144. The molecule has 3 fully saturated rings. The molecule has 1 spiro atoms. The van der Waals surface area contributed by atoms with Gasteiger partial charge in [-0.15, -0.1) is 24.9 Å². The van der Waals surface area contributed by atoms with Crippen molar-refractivity contribution in [3.8, 4) is 5.75 Å². The minimum Gasteiger partial charge on any atom is -0.494 e. The van der Waals surface area contributed by atoms with E-state index in [0.717, 1.165) is 30.7 Å². The molecule has 1 N–H and O–H groups in total. The van der Waals surface area contributed by atoms with Gasteiger partial charge in [0.1, 0.15) is 11.8 Å². The molecule has 0 aliphatic carbocycles. The summed E-state index contributed by atoms with van der Waals surface area (Å²) < 4.78 is 4.41. The summed E-state index contributed by atoms with van der Waals surface area (Å²) in [6, 6.07) is 6.72. The van der Waals surface area contributed by atoms with Gasteiger partial charge in [0.2, 0.25) is 17.7 Å². The molecule has 1 aromatic rings. The number of thioether (sulfide) groups is 1. The van der Waals surface area contributed by atoms with Crippen LogP contribution < -0.4 is 9.64 Å². The van der Waals surface area contributed by atoms with Crippen LogP contribution in [-0.4, -0.2) is 87.1 Å². The van der Waals surface area contributed by atoms with Crippen molar-refractivity contribution in [3.63, 3.8) is 0 Å². The molecule has 42 heavy (non-hydrogen) atoms. The van der Waals surface area contributed by atoms with Gasteiger partial charge in [-0.3, -0.25) is 14.4 Å². The number of nitrogens with zero attached hydrogens (tertiary/aromatic N) is 3. The molecular weight excluding hydrogens is 550 g/mol. The third kappa shape index (κ3) is 5.50. The lowest BCUT2D eigenvalue weighted by atomic mass is 9.66. The maximum Gasteiger partial charge on any atom is 0.247 e. The van der Waals surface area contributed by atoms with Gasteiger partial charge >= 0.3 is 0 Å². The first-order valence-corrected chi connectivity index (χ1v) is 16.1. The second-order valence-corrected chi connectivity index (χ2v) is 13.8. The summed E-state index contributed by atoms with van der Waals surface area (Å²) in [5.74, 6) is -0.839. The zero-order chi connectivity index (χ0) is 30.7. The SMILES string of the molecule is C=CCN(C(=O)[C@@H]1[C@H]2C(=O)N(CCCO)C(C(=O)N(CC=C)C(C)CCC)C23CC[C@@]1(C)S3)c1ccc(OCC)cc1. The molecule has 3 aliphatic rings. The Kier molecular flexibility index (Phi) is 10.1. The minimum absolute atomic E-state index is 0.00916. The van der Waals surface area contributed by atoms with Crippen molar-refractivity contribution in [3.05, 3.63) is 49.6 Å². The Morgan fingerprint density at radius 3 is 2.45 bits per heavy atom. The van der Waals surface area contributed by atoms with Crippen LogP contribution in [-0.2, 0) is 14.4 Å². The summed E-state index contributed by atoms with van der Waals surface area (Å²) >= 11 is 1.67. The van der Waals surface area contributed by atoms with Crippen molar-refractivity contribution in [1.82, 2.24) is 9.80 Å². The molecule has 8 nitrogen and oxygen atoms in total. The van der Waals surface area contributed by atoms with E-state index in [1.165, 1.54) is 0 Å². The van der Waals surface area contributed by atoms with Crippen molar-refractivity contribution in [2.45, 2.75) is 81.4 Å². The number of rotatable bonds is 15. The highest BCUT2D eigenvalue weighted by atomic mass is 32.2. The highest BCUT2D eigenvalue weighted by molar-refractivity contribution is 8.02. The van der Waals surface area contributed by atoms with E-state index in [1.54, 1.807) is 33.7 Å². The molecule has 1 aromatic carbocycles. The molecule has 3 amide bonds. The fourth-order valence-corrected chi connectivity index (χ4v) is 9.77. The van der Waals surface area contributed by atoms with Crippen molar-refractivity contribution in [1.29, 1.82) is 0 Å². The molecular formula is C33H47N3O5S. The Morgan fingerprint density at radius 2 is 1.86 bits per heavy atom. The first-order valence-electron chi connectivity index (χ1n) is 15.3. The third-order valence-electron chi connectivity index (χ3n) is 9.22. The number of ether oxygens (including phenoxy) is 1. The summed E-state index contributed by atoms with van der Waals surface area (Å²) in [5, 5.41) is 9.68. The number of hydrogen-bond acceptors (Lipinski definition) is 6. The second-order valence-electron chi connectivity index (χ2n) is 11.9. The number of likely N-dealkylation sites (tertiary alicyclic amines) is 1. The fraction of sp³-hybridized carbons (Fsp3) is 0.606. The van der Waals surface area contributed by atoms with Crippen molar-refractivity contribution in [2.75, 3.05) is 37.7 Å². The number of hydrogen-bond donors (Lipinski definition) is 1. The number of anilines is 1. The molecule has 3 heterocycles. The highest BCUT2D eigenvalue weighted by Crippen LogP contribution is 2.71. The van der Waals surface area contributed by atoms with Gasteiger partial charge in [0.15, 0.2) is 0 Å². The van der Waals surface area contributed by atoms with Crippen molar-refractivity contribution < 1.29 is 24.2 Å². The number of carbonyl (C=O) groups is 3. The first-order chi connectivity index (χ1) is 20.1. The summed E-state index contributed by atoms with van der Waals surface area (Å²) in [6.07, 6.45) is 7.03. The molecule has 2 bridgehead atoms. The largest absolute Gasteiger partial charge is 0.494 e. The average molecular weight is 598 g/mol. The molecule has 0 aromatic heterocycles. The summed E-state index contributed by atoms with van der Waals surface area (Å²) in [6.45, 7) is 17.4. The van der Waals surface area contributed by atoms with Gasteiger partial charge in [0.25, 0.3) is 0 Å². The normalized spacial score (nSPS) is 28.4. The van der Waals surface area contributed by atoms with Crippen LogP contribution in [0.4, 0.5) is 5.69 Å². The predicted octanol–water partition coefficient (Wildman–Crippen LogP) is 4.67. The van der Waals surface area contributed by atoms with E-state index >= 15 is 0 Å². The van der Waals surface area contributed by atoms with E-state index < -0.39 is 27.4 Å². The number of fused-ring (bicyclic) bond motifs is 1. The van der Waals surface area contributed by atoms with Crippen LogP contribution in [0.5, 0.6) is 5.75 Å². The maximum absolute atomic E-state index is 14.6. The van der Waals surface area contributed by atoms with Crippen molar-refractivity contribution in [2.24, 2.45) is 11.8 Å². The molecule has 9 heteroatoms. The van der Waals surface area contributed by atoms with Gasteiger partial charge in [0.05, 0.1) is 23.2 Å². The van der Waals surface area contributed by atoms with E-state index in [-0.39, 0.29) is 36.9 Å². The van der Waals surface area contributed by atoms with Crippen LogP contribution >= 0.6 is 11.8 Å². The number of aliphatic hydroxyl groups excluding tert-OH is 1. The van der Waals surface area contributed by atoms with E-state index in [0.29, 0.717) is 32.5 Å². The number of aliphatic hydroxyl groups is 1. The van der Waals surface area contributed by atoms with Gasteiger partial charge < -0.3 is 24.5 Å². The monoisotopic (exact) mass is 597 g/mol. The van der Waals surface area contributed by atoms with Gasteiger partial charge in [-0.2, -0.15) is 0 Å². The Bertz CT molecular complexity index is 1170. The van der Waals surface area contributed by atoms with Crippen LogP contribution in [0, 0.1) is 11.8 Å². The third-order valence-corrected chi connectivity index (χ3v) is 11.2. The summed E-state index contributed by atoms with van der Waals surface area (Å²) in [7, 11) is 0. The quantitative estimate of drug-likeness (QED) is 0.296. The molecule has 0 radical (unpaired) electrons. The molecule has 230 valence electrons. The van der Waals surface area contributed by atoms with Crippen LogP contribution in [0.1, 0.15) is 59.8 Å².